The van der Waals surface area contributed by atoms with E-state index in [1.807, 2.05) is 0 Å². The lowest BCUT2D eigenvalue weighted by atomic mass is 9.85. The van der Waals surface area contributed by atoms with Gasteiger partial charge in [-0.15, -0.1) is 0 Å². The van der Waals surface area contributed by atoms with E-state index in [0.717, 1.165) is 19.3 Å². The largest absolute Gasteiger partial charge is 0.481 e. The Hall–Kier alpha value is -1.26. The van der Waals surface area contributed by atoms with Crippen molar-refractivity contribution in [1.82, 2.24) is 10.2 Å². The summed E-state index contributed by atoms with van der Waals surface area (Å²) in [6.07, 6.45) is 4.59. The highest BCUT2D eigenvalue weighted by molar-refractivity contribution is 5.76. The van der Waals surface area contributed by atoms with Crippen LogP contribution in [0.2, 0.25) is 0 Å². The number of carbonyl (C=O) groups is 2. The third kappa shape index (κ3) is 4.11. The maximum atomic E-state index is 12.1. The van der Waals surface area contributed by atoms with E-state index in [1.54, 1.807) is 25.8 Å². The number of carboxylic acids is 1. The fourth-order valence-corrected chi connectivity index (χ4v) is 2.66. The minimum atomic E-state index is -0.888. The Morgan fingerprint density at radius 3 is 2.37 bits per heavy atom. The van der Waals surface area contributed by atoms with Crippen molar-refractivity contribution in [3.05, 3.63) is 0 Å². The van der Waals surface area contributed by atoms with Crippen molar-refractivity contribution in [3.63, 3.8) is 0 Å². The van der Waals surface area contributed by atoms with Gasteiger partial charge in [0.05, 0.1) is 5.92 Å². The lowest BCUT2D eigenvalue weighted by Crippen LogP contribution is -2.51. The van der Waals surface area contributed by atoms with E-state index in [2.05, 4.69) is 12.2 Å². The van der Waals surface area contributed by atoms with Gasteiger partial charge in [0.1, 0.15) is 0 Å². The quantitative estimate of drug-likeness (QED) is 0.823. The molecule has 0 aromatic carbocycles. The smallest absolute Gasteiger partial charge is 0.317 e. The van der Waals surface area contributed by atoms with Gasteiger partial charge < -0.3 is 15.3 Å². The van der Waals surface area contributed by atoms with Crippen LogP contribution in [0.25, 0.3) is 0 Å². The van der Waals surface area contributed by atoms with E-state index in [4.69, 9.17) is 5.11 Å². The summed E-state index contributed by atoms with van der Waals surface area (Å²) < 4.78 is 0. The molecule has 4 atom stereocenters. The molecule has 0 aliphatic heterocycles. The zero-order valence-corrected chi connectivity index (χ0v) is 12.3. The second kappa shape index (κ2) is 6.78. The fourth-order valence-electron chi connectivity index (χ4n) is 2.66. The van der Waals surface area contributed by atoms with Crippen LogP contribution < -0.4 is 5.32 Å². The number of nitrogens with zero attached hydrogens (tertiary/aromatic N) is 1. The van der Waals surface area contributed by atoms with Gasteiger partial charge in [-0.1, -0.05) is 19.8 Å². The molecule has 1 fully saturated rings. The summed E-state index contributed by atoms with van der Waals surface area (Å²) >= 11 is 0. The Labute approximate surface area is 115 Å². The molecule has 0 aromatic rings. The Morgan fingerprint density at radius 1 is 1.26 bits per heavy atom. The fraction of sp³-hybridized carbons (Fsp3) is 0.857. The Bertz CT molecular complexity index is 333. The van der Waals surface area contributed by atoms with Crippen LogP contribution >= 0.6 is 0 Å². The van der Waals surface area contributed by atoms with Gasteiger partial charge in [-0.2, -0.15) is 0 Å². The zero-order chi connectivity index (χ0) is 14.6. The molecule has 2 amide bonds. The summed E-state index contributed by atoms with van der Waals surface area (Å²) in [5.74, 6) is -0.959. The van der Waals surface area contributed by atoms with Gasteiger partial charge in [0.15, 0.2) is 0 Å². The SMILES string of the molecule is CC1CCCCC1N(C)C(=O)NC(C)C(C)C(=O)O. The molecule has 5 nitrogen and oxygen atoms in total. The normalized spacial score (nSPS) is 26.3. The first-order valence-electron chi connectivity index (χ1n) is 7.10. The number of carbonyl (C=O) groups excluding carboxylic acids is 1. The third-order valence-electron chi connectivity index (χ3n) is 4.37. The molecule has 0 radical (unpaired) electrons. The molecule has 2 N–H and O–H groups in total. The average molecular weight is 270 g/mol. The van der Waals surface area contributed by atoms with Gasteiger partial charge in [0.2, 0.25) is 0 Å². The van der Waals surface area contributed by atoms with E-state index in [9.17, 15) is 9.59 Å². The molecule has 1 rings (SSSR count). The van der Waals surface area contributed by atoms with Gasteiger partial charge >= 0.3 is 12.0 Å². The molecular formula is C14H26N2O3. The van der Waals surface area contributed by atoms with Gasteiger partial charge in [-0.25, -0.2) is 4.79 Å². The van der Waals surface area contributed by atoms with E-state index in [-0.39, 0.29) is 18.1 Å². The maximum absolute atomic E-state index is 12.1. The number of hydrogen-bond acceptors (Lipinski definition) is 2. The summed E-state index contributed by atoms with van der Waals surface area (Å²) in [4.78, 5) is 24.8. The highest BCUT2D eigenvalue weighted by atomic mass is 16.4. The molecule has 19 heavy (non-hydrogen) atoms. The van der Waals surface area contributed by atoms with Gasteiger partial charge in [-0.05, 0) is 32.6 Å². The van der Waals surface area contributed by atoms with Gasteiger partial charge in [0.25, 0.3) is 0 Å². The first kappa shape index (κ1) is 15.8. The van der Waals surface area contributed by atoms with Crippen LogP contribution in [-0.4, -0.2) is 41.1 Å². The Balaban J connectivity index is 2.54. The van der Waals surface area contributed by atoms with Crippen LogP contribution in [0.5, 0.6) is 0 Å². The predicted molar refractivity (Wildman–Crippen MR) is 74.0 cm³/mol. The first-order valence-corrected chi connectivity index (χ1v) is 7.10. The molecule has 110 valence electrons. The van der Waals surface area contributed by atoms with E-state index in [0.29, 0.717) is 5.92 Å². The molecule has 0 bridgehead atoms. The van der Waals surface area contributed by atoms with Crippen LogP contribution in [0.4, 0.5) is 4.79 Å². The summed E-state index contributed by atoms with van der Waals surface area (Å²) in [7, 11) is 1.81. The van der Waals surface area contributed by atoms with Crippen molar-refractivity contribution >= 4 is 12.0 Å². The number of amides is 2. The molecule has 0 aromatic heterocycles. The monoisotopic (exact) mass is 270 g/mol. The van der Waals surface area contributed by atoms with Crippen LogP contribution in [0.3, 0.4) is 0 Å². The second-order valence-corrected chi connectivity index (χ2v) is 5.81. The molecule has 5 heteroatoms. The molecule has 0 spiro atoms. The minimum Gasteiger partial charge on any atom is -0.481 e. The number of rotatable bonds is 4. The number of carboxylic acid groups (broad SMARTS) is 1. The minimum absolute atomic E-state index is 0.167. The molecule has 0 saturated heterocycles. The molecule has 1 aliphatic carbocycles. The molecule has 1 saturated carbocycles. The highest BCUT2D eigenvalue weighted by Gasteiger charge is 2.29. The van der Waals surface area contributed by atoms with E-state index in [1.165, 1.54) is 6.42 Å². The lowest BCUT2D eigenvalue weighted by molar-refractivity contribution is -0.141. The van der Waals surface area contributed by atoms with Crippen LogP contribution in [0.1, 0.15) is 46.5 Å². The van der Waals surface area contributed by atoms with E-state index < -0.39 is 11.9 Å². The van der Waals surface area contributed by atoms with E-state index >= 15 is 0 Å². The van der Waals surface area contributed by atoms with Crippen LogP contribution in [0.15, 0.2) is 0 Å². The topological polar surface area (TPSA) is 69.6 Å². The molecule has 0 heterocycles. The second-order valence-electron chi connectivity index (χ2n) is 5.81. The Kier molecular flexibility index (Phi) is 5.63. The molecule has 4 unspecified atom stereocenters. The summed E-state index contributed by atoms with van der Waals surface area (Å²) in [6, 6.07) is -0.271. The number of hydrogen-bond donors (Lipinski definition) is 2. The van der Waals surface area contributed by atoms with Crippen molar-refractivity contribution < 1.29 is 14.7 Å². The summed E-state index contributed by atoms with van der Waals surface area (Å²) in [6.45, 7) is 5.52. The van der Waals surface area contributed by atoms with Crippen LogP contribution in [0, 0.1) is 11.8 Å². The van der Waals surface area contributed by atoms with Crippen molar-refractivity contribution in [2.24, 2.45) is 11.8 Å². The van der Waals surface area contributed by atoms with Crippen molar-refractivity contribution in [1.29, 1.82) is 0 Å². The van der Waals surface area contributed by atoms with Gasteiger partial charge in [-0.3, -0.25) is 4.79 Å². The molecule has 1 aliphatic rings. The summed E-state index contributed by atoms with van der Waals surface area (Å²) in [5, 5.41) is 11.7. The molecular weight excluding hydrogens is 244 g/mol. The first-order chi connectivity index (χ1) is 8.84. The zero-order valence-electron chi connectivity index (χ0n) is 12.3. The lowest BCUT2D eigenvalue weighted by Gasteiger charge is -2.37. The third-order valence-corrected chi connectivity index (χ3v) is 4.37. The number of nitrogens with one attached hydrogen (secondary N) is 1. The number of aliphatic carboxylic acids is 1. The standard InChI is InChI=1S/C14H26N2O3/c1-9-7-5-6-8-12(9)16(4)14(19)15-11(3)10(2)13(17)18/h9-12H,5-8H2,1-4H3,(H,15,19)(H,17,18). The highest BCUT2D eigenvalue weighted by Crippen LogP contribution is 2.27. The average Bonchev–Trinajstić information content (AvgIpc) is 2.37. The van der Waals surface area contributed by atoms with Crippen molar-refractivity contribution in [2.75, 3.05) is 7.05 Å². The van der Waals surface area contributed by atoms with Crippen molar-refractivity contribution in [3.8, 4) is 0 Å². The maximum Gasteiger partial charge on any atom is 0.317 e. The van der Waals surface area contributed by atoms with Crippen LogP contribution in [-0.2, 0) is 4.79 Å². The van der Waals surface area contributed by atoms with Crippen molar-refractivity contribution in [2.45, 2.75) is 58.5 Å². The summed E-state index contributed by atoms with van der Waals surface area (Å²) in [5.41, 5.74) is 0. The van der Waals surface area contributed by atoms with Gasteiger partial charge in [0, 0.05) is 19.1 Å². The number of urea groups is 1. The predicted octanol–water partition coefficient (Wildman–Crippen LogP) is 2.32. The Morgan fingerprint density at radius 2 is 1.84 bits per heavy atom.